The summed E-state index contributed by atoms with van der Waals surface area (Å²) in [4.78, 5) is 5.02. The first-order valence-electron chi connectivity index (χ1n) is 7.16. The monoisotopic (exact) mass is 242 g/mol. The van der Waals surface area contributed by atoms with Gasteiger partial charge in [-0.25, -0.2) is 0 Å². The third kappa shape index (κ3) is 6.39. The summed E-state index contributed by atoms with van der Waals surface area (Å²) in [5.41, 5.74) is 0. The standard InChI is InChI=1S/C14H30N2O/c1-4-6-14(13-17-3)7-5-8-16-11-9-15(2)10-12-16/h14H,4-13H2,1-3H3/t14-/m1/s1. The molecular weight excluding hydrogens is 212 g/mol. The van der Waals surface area contributed by atoms with Gasteiger partial charge in [-0.3, -0.25) is 0 Å². The van der Waals surface area contributed by atoms with Crippen molar-refractivity contribution in [2.45, 2.75) is 32.6 Å². The highest BCUT2D eigenvalue weighted by molar-refractivity contribution is 4.69. The molecule has 1 atom stereocenters. The number of rotatable bonds is 8. The van der Waals surface area contributed by atoms with Crippen LogP contribution in [0.1, 0.15) is 32.6 Å². The lowest BCUT2D eigenvalue weighted by atomic mass is 9.99. The Labute approximate surface area is 107 Å². The average Bonchev–Trinajstić information content (AvgIpc) is 2.32. The maximum Gasteiger partial charge on any atom is 0.0490 e. The number of hydrogen-bond donors (Lipinski definition) is 0. The van der Waals surface area contributed by atoms with E-state index in [1.165, 1.54) is 58.4 Å². The Hall–Kier alpha value is -0.120. The van der Waals surface area contributed by atoms with E-state index >= 15 is 0 Å². The van der Waals surface area contributed by atoms with Crippen LogP contribution in [0.25, 0.3) is 0 Å². The van der Waals surface area contributed by atoms with Gasteiger partial charge in [-0.05, 0) is 38.8 Å². The van der Waals surface area contributed by atoms with Gasteiger partial charge in [0, 0.05) is 39.9 Å². The summed E-state index contributed by atoms with van der Waals surface area (Å²) >= 11 is 0. The maximum atomic E-state index is 5.29. The predicted octanol–water partition coefficient (Wildman–Crippen LogP) is 2.08. The zero-order valence-corrected chi connectivity index (χ0v) is 12.0. The van der Waals surface area contributed by atoms with Crippen molar-refractivity contribution in [2.75, 3.05) is 53.5 Å². The lowest BCUT2D eigenvalue weighted by Crippen LogP contribution is -2.44. The molecule has 1 heterocycles. The van der Waals surface area contributed by atoms with Gasteiger partial charge in [-0.15, -0.1) is 0 Å². The minimum absolute atomic E-state index is 0.775. The number of methoxy groups -OCH3 is 1. The summed E-state index contributed by atoms with van der Waals surface area (Å²) in [5.74, 6) is 0.775. The topological polar surface area (TPSA) is 15.7 Å². The summed E-state index contributed by atoms with van der Waals surface area (Å²) in [7, 11) is 4.04. The highest BCUT2D eigenvalue weighted by atomic mass is 16.5. The fraction of sp³-hybridized carbons (Fsp3) is 1.00. The van der Waals surface area contributed by atoms with Crippen molar-refractivity contribution in [3.05, 3.63) is 0 Å². The van der Waals surface area contributed by atoms with Gasteiger partial charge in [0.2, 0.25) is 0 Å². The summed E-state index contributed by atoms with van der Waals surface area (Å²) in [6, 6.07) is 0. The van der Waals surface area contributed by atoms with Crippen molar-refractivity contribution >= 4 is 0 Å². The van der Waals surface area contributed by atoms with Crippen LogP contribution in [-0.4, -0.2) is 63.3 Å². The molecule has 0 bridgehead atoms. The van der Waals surface area contributed by atoms with Gasteiger partial charge in [-0.1, -0.05) is 13.3 Å². The van der Waals surface area contributed by atoms with Crippen molar-refractivity contribution < 1.29 is 4.74 Å². The fourth-order valence-corrected chi connectivity index (χ4v) is 2.63. The SMILES string of the molecule is CCC[C@H](CCCN1CCN(C)CC1)COC. The highest BCUT2D eigenvalue weighted by Gasteiger charge is 2.14. The van der Waals surface area contributed by atoms with Crippen LogP contribution in [0.5, 0.6) is 0 Å². The molecule has 3 heteroatoms. The van der Waals surface area contributed by atoms with E-state index in [4.69, 9.17) is 4.74 Å². The minimum atomic E-state index is 0.775. The number of nitrogens with zero attached hydrogens (tertiary/aromatic N) is 2. The second kappa shape index (κ2) is 8.90. The maximum absolute atomic E-state index is 5.29. The molecule has 102 valence electrons. The summed E-state index contributed by atoms with van der Waals surface area (Å²) < 4.78 is 5.29. The smallest absolute Gasteiger partial charge is 0.0490 e. The Bertz CT molecular complexity index is 173. The molecule has 1 aliphatic rings. The van der Waals surface area contributed by atoms with Crippen molar-refractivity contribution in [1.82, 2.24) is 9.80 Å². The number of likely N-dealkylation sites (N-methyl/N-ethyl adjacent to an activating group) is 1. The Morgan fingerprint density at radius 2 is 1.82 bits per heavy atom. The quantitative estimate of drug-likeness (QED) is 0.648. The molecule has 0 unspecified atom stereocenters. The van der Waals surface area contributed by atoms with Gasteiger partial charge in [-0.2, -0.15) is 0 Å². The van der Waals surface area contributed by atoms with Crippen LogP contribution in [0.4, 0.5) is 0 Å². The zero-order valence-electron chi connectivity index (χ0n) is 12.0. The van der Waals surface area contributed by atoms with E-state index in [9.17, 15) is 0 Å². The second-order valence-corrected chi connectivity index (χ2v) is 5.40. The molecule has 0 spiro atoms. The molecule has 0 amide bonds. The normalized spacial score (nSPS) is 20.6. The molecule has 1 aliphatic heterocycles. The minimum Gasteiger partial charge on any atom is -0.384 e. The van der Waals surface area contributed by atoms with Gasteiger partial charge < -0.3 is 14.5 Å². The first-order valence-corrected chi connectivity index (χ1v) is 7.16. The molecule has 0 aliphatic carbocycles. The number of hydrogen-bond acceptors (Lipinski definition) is 3. The fourth-order valence-electron chi connectivity index (χ4n) is 2.63. The van der Waals surface area contributed by atoms with Gasteiger partial charge in [0.25, 0.3) is 0 Å². The van der Waals surface area contributed by atoms with Crippen LogP contribution in [0, 0.1) is 5.92 Å². The molecule has 0 N–H and O–H groups in total. The van der Waals surface area contributed by atoms with Gasteiger partial charge in [0.1, 0.15) is 0 Å². The van der Waals surface area contributed by atoms with Crippen LogP contribution >= 0.6 is 0 Å². The lowest BCUT2D eigenvalue weighted by molar-refractivity contribution is 0.128. The third-order valence-corrected chi connectivity index (χ3v) is 3.78. The van der Waals surface area contributed by atoms with Gasteiger partial charge in [0.05, 0.1) is 0 Å². The Balaban J connectivity index is 2.08. The molecule has 0 saturated carbocycles. The largest absolute Gasteiger partial charge is 0.384 e. The van der Waals surface area contributed by atoms with Crippen molar-refractivity contribution in [3.63, 3.8) is 0 Å². The molecule has 1 fully saturated rings. The molecular formula is C14H30N2O. The van der Waals surface area contributed by atoms with Crippen LogP contribution in [0.2, 0.25) is 0 Å². The third-order valence-electron chi connectivity index (χ3n) is 3.78. The Morgan fingerprint density at radius 1 is 1.12 bits per heavy atom. The summed E-state index contributed by atoms with van der Waals surface area (Å²) in [5, 5.41) is 0. The highest BCUT2D eigenvalue weighted by Crippen LogP contribution is 2.14. The molecule has 0 aromatic heterocycles. The molecule has 1 saturated heterocycles. The first kappa shape index (κ1) is 14.9. The van der Waals surface area contributed by atoms with Crippen molar-refractivity contribution in [3.8, 4) is 0 Å². The Morgan fingerprint density at radius 3 is 2.41 bits per heavy atom. The first-order chi connectivity index (χ1) is 8.26. The van der Waals surface area contributed by atoms with Crippen molar-refractivity contribution in [1.29, 1.82) is 0 Å². The second-order valence-electron chi connectivity index (χ2n) is 5.40. The number of piperazine rings is 1. The predicted molar refractivity (Wildman–Crippen MR) is 73.4 cm³/mol. The van der Waals surface area contributed by atoms with E-state index in [-0.39, 0.29) is 0 Å². The number of ether oxygens (including phenoxy) is 1. The van der Waals surface area contributed by atoms with E-state index in [2.05, 4.69) is 23.8 Å². The average molecular weight is 242 g/mol. The lowest BCUT2D eigenvalue weighted by Gasteiger charge is -2.32. The summed E-state index contributed by atoms with van der Waals surface area (Å²) in [6.45, 7) is 9.45. The van der Waals surface area contributed by atoms with Gasteiger partial charge >= 0.3 is 0 Å². The Kier molecular flexibility index (Phi) is 7.82. The van der Waals surface area contributed by atoms with E-state index in [0.717, 1.165) is 12.5 Å². The summed E-state index contributed by atoms with van der Waals surface area (Å²) in [6.07, 6.45) is 5.25. The van der Waals surface area contributed by atoms with E-state index in [0.29, 0.717) is 0 Å². The van der Waals surface area contributed by atoms with Crippen LogP contribution in [0.3, 0.4) is 0 Å². The molecule has 17 heavy (non-hydrogen) atoms. The molecule has 0 radical (unpaired) electrons. The molecule has 1 rings (SSSR count). The van der Waals surface area contributed by atoms with Crippen LogP contribution in [0.15, 0.2) is 0 Å². The van der Waals surface area contributed by atoms with Gasteiger partial charge in [0.15, 0.2) is 0 Å². The van der Waals surface area contributed by atoms with E-state index < -0.39 is 0 Å². The van der Waals surface area contributed by atoms with Crippen LogP contribution < -0.4 is 0 Å². The molecule has 0 aromatic carbocycles. The molecule has 3 nitrogen and oxygen atoms in total. The van der Waals surface area contributed by atoms with E-state index in [1.54, 1.807) is 0 Å². The van der Waals surface area contributed by atoms with E-state index in [1.807, 2.05) is 7.11 Å². The molecule has 0 aromatic rings. The zero-order chi connectivity index (χ0) is 12.5. The van der Waals surface area contributed by atoms with Crippen LogP contribution in [-0.2, 0) is 4.74 Å². The van der Waals surface area contributed by atoms with Crippen molar-refractivity contribution in [2.24, 2.45) is 5.92 Å².